The van der Waals surface area contributed by atoms with Gasteiger partial charge in [0.25, 0.3) is 0 Å². The normalized spacial score (nSPS) is 14.1. The quantitative estimate of drug-likeness (QED) is 0.432. The number of anilines is 1. The lowest BCUT2D eigenvalue weighted by Crippen LogP contribution is -2.12. The van der Waals surface area contributed by atoms with E-state index in [0.29, 0.717) is 18.3 Å². The topological polar surface area (TPSA) is 65.4 Å². The number of halogens is 1. The Balaban J connectivity index is 1.50. The standard InChI is InChI=1S/C23H21BrN4O/c24-18-8-1-4-15(12-18)14-29-19-9-3-7-17(13-19)20-21-22(25)26-10-11-28(21)23(27-20)16-5-2-6-16/h1,3-4,7-13,16H,2,5-6,14H2,(H2,25,26). The molecule has 0 aliphatic heterocycles. The number of hydrogen-bond acceptors (Lipinski definition) is 4. The number of aromatic nitrogens is 3. The molecule has 2 aromatic carbocycles. The van der Waals surface area contributed by atoms with Gasteiger partial charge >= 0.3 is 0 Å². The van der Waals surface area contributed by atoms with Crippen LogP contribution in [0.3, 0.4) is 0 Å². The fraction of sp³-hybridized carbons (Fsp3) is 0.217. The number of imidazole rings is 1. The predicted octanol–water partition coefficient (Wildman–Crippen LogP) is 5.59. The second-order valence-electron chi connectivity index (χ2n) is 7.42. The molecule has 0 radical (unpaired) electrons. The number of rotatable bonds is 5. The molecule has 0 unspecified atom stereocenters. The van der Waals surface area contributed by atoms with Crippen molar-refractivity contribution >= 4 is 27.3 Å². The van der Waals surface area contributed by atoms with Crippen LogP contribution in [0.5, 0.6) is 5.75 Å². The minimum Gasteiger partial charge on any atom is -0.489 e. The molecule has 6 heteroatoms. The average Bonchev–Trinajstić information content (AvgIpc) is 3.06. The third-order valence-corrected chi connectivity index (χ3v) is 5.98. The Hall–Kier alpha value is -2.86. The van der Waals surface area contributed by atoms with Gasteiger partial charge in [0, 0.05) is 28.3 Å². The molecular weight excluding hydrogens is 428 g/mol. The number of nitrogens with zero attached hydrogens (tertiary/aromatic N) is 3. The van der Waals surface area contributed by atoms with Crippen molar-refractivity contribution < 1.29 is 4.74 Å². The Morgan fingerprint density at radius 1 is 1.14 bits per heavy atom. The van der Waals surface area contributed by atoms with Crippen molar-refractivity contribution in [1.82, 2.24) is 14.4 Å². The number of fused-ring (bicyclic) bond motifs is 1. The maximum atomic E-state index is 6.25. The molecule has 146 valence electrons. The van der Waals surface area contributed by atoms with Gasteiger partial charge < -0.3 is 10.5 Å². The number of ether oxygens (including phenoxy) is 1. The van der Waals surface area contributed by atoms with Crippen LogP contribution >= 0.6 is 15.9 Å². The first kappa shape index (κ1) is 18.2. The lowest BCUT2D eigenvalue weighted by molar-refractivity contribution is 0.306. The van der Waals surface area contributed by atoms with Crippen LogP contribution in [-0.2, 0) is 6.61 Å². The number of benzene rings is 2. The molecule has 1 aliphatic carbocycles. The summed E-state index contributed by atoms with van der Waals surface area (Å²) in [4.78, 5) is 9.29. The van der Waals surface area contributed by atoms with Crippen LogP contribution in [0.4, 0.5) is 5.82 Å². The summed E-state index contributed by atoms with van der Waals surface area (Å²) in [6.07, 6.45) is 7.32. The van der Waals surface area contributed by atoms with E-state index >= 15 is 0 Å². The van der Waals surface area contributed by atoms with Crippen molar-refractivity contribution in [2.75, 3.05) is 5.73 Å². The zero-order chi connectivity index (χ0) is 19.8. The van der Waals surface area contributed by atoms with Crippen LogP contribution in [-0.4, -0.2) is 14.4 Å². The minimum atomic E-state index is 0.494. The lowest BCUT2D eigenvalue weighted by atomic mass is 9.85. The van der Waals surface area contributed by atoms with Gasteiger partial charge in [-0.3, -0.25) is 4.40 Å². The van der Waals surface area contributed by atoms with Crippen LogP contribution < -0.4 is 10.5 Å². The number of nitrogens with two attached hydrogens (primary N) is 1. The van der Waals surface area contributed by atoms with Crippen molar-refractivity contribution in [2.45, 2.75) is 31.8 Å². The third kappa shape index (κ3) is 3.49. The Morgan fingerprint density at radius 2 is 2.00 bits per heavy atom. The SMILES string of the molecule is Nc1nccn2c(C3CCC3)nc(-c3cccc(OCc4cccc(Br)c4)c3)c12. The smallest absolute Gasteiger partial charge is 0.150 e. The highest BCUT2D eigenvalue weighted by Crippen LogP contribution is 2.39. The maximum Gasteiger partial charge on any atom is 0.150 e. The Morgan fingerprint density at radius 3 is 2.79 bits per heavy atom. The molecule has 0 bridgehead atoms. The van der Waals surface area contributed by atoms with Crippen LogP contribution in [0.15, 0.2) is 65.4 Å². The zero-order valence-electron chi connectivity index (χ0n) is 15.9. The molecule has 0 atom stereocenters. The van der Waals surface area contributed by atoms with Crippen molar-refractivity contribution in [3.8, 4) is 17.0 Å². The van der Waals surface area contributed by atoms with Gasteiger partial charge in [-0.15, -0.1) is 0 Å². The van der Waals surface area contributed by atoms with E-state index in [9.17, 15) is 0 Å². The van der Waals surface area contributed by atoms with Gasteiger partial charge in [0.15, 0.2) is 0 Å². The number of hydrogen-bond donors (Lipinski definition) is 1. The molecule has 1 aliphatic rings. The first-order chi connectivity index (χ1) is 14.2. The molecular formula is C23H21BrN4O. The van der Waals surface area contributed by atoms with Crippen LogP contribution in [0.1, 0.15) is 36.6 Å². The van der Waals surface area contributed by atoms with Gasteiger partial charge in [0.1, 0.15) is 35.2 Å². The summed E-state index contributed by atoms with van der Waals surface area (Å²) in [7, 11) is 0. The highest BCUT2D eigenvalue weighted by molar-refractivity contribution is 9.10. The van der Waals surface area contributed by atoms with Crippen LogP contribution in [0.25, 0.3) is 16.8 Å². The summed E-state index contributed by atoms with van der Waals surface area (Å²) >= 11 is 3.50. The van der Waals surface area contributed by atoms with Crippen molar-refractivity contribution in [1.29, 1.82) is 0 Å². The predicted molar refractivity (Wildman–Crippen MR) is 118 cm³/mol. The van der Waals surface area contributed by atoms with Crippen LogP contribution in [0, 0.1) is 0 Å². The van der Waals surface area contributed by atoms with E-state index in [1.165, 1.54) is 19.3 Å². The van der Waals surface area contributed by atoms with Crippen molar-refractivity contribution in [3.05, 3.63) is 76.8 Å². The summed E-state index contributed by atoms with van der Waals surface area (Å²) in [6, 6.07) is 16.2. The molecule has 0 saturated heterocycles. The van der Waals surface area contributed by atoms with Crippen LogP contribution in [0.2, 0.25) is 0 Å². The first-order valence-corrected chi connectivity index (χ1v) is 10.6. The van der Waals surface area contributed by atoms with E-state index in [1.54, 1.807) is 6.20 Å². The van der Waals surface area contributed by atoms with Gasteiger partial charge in [0.05, 0.1) is 0 Å². The fourth-order valence-corrected chi connectivity index (χ4v) is 4.22. The fourth-order valence-electron chi connectivity index (χ4n) is 3.77. The van der Waals surface area contributed by atoms with Crippen molar-refractivity contribution in [2.24, 2.45) is 0 Å². The lowest BCUT2D eigenvalue weighted by Gasteiger charge is -2.23. The second-order valence-corrected chi connectivity index (χ2v) is 8.34. The monoisotopic (exact) mass is 448 g/mol. The summed E-state index contributed by atoms with van der Waals surface area (Å²) in [6.45, 7) is 0.504. The Labute approximate surface area is 177 Å². The average molecular weight is 449 g/mol. The van der Waals surface area contributed by atoms with Gasteiger partial charge in [-0.25, -0.2) is 9.97 Å². The van der Waals surface area contributed by atoms with Gasteiger partial charge in [-0.2, -0.15) is 0 Å². The number of nitrogen functional groups attached to an aromatic ring is 1. The molecule has 4 aromatic rings. The summed E-state index contributed by atoms with van der Waals surface area (Å²) < 4.78 is 9.19. The minimum absolute atomic E-state index is 0.494. The highest BCUT2D eigenvalue weighted by Gasteiger charge is 2.26. The van der Waals surface area contributed by atoms with E-state index < -0.39 is 0 Å². The summed E-state index contributed by atoms with van der Waals surface area (Å²) in [5.74, 6) is 2.88. The van der Waals surface area contributed by atoms with E-state index in [1.807, 2.05) is 42.6 Å². The van der Waals surface area contributed by atoms with Gasteiger partial charge in [0.2, 0.25) is 0 Å². The van der Waals surface area contributed by atoms with Crippen molar-refractivity contribution in [3.63, 3.8) is 0 Å². The molecule has 0 spiro atoms. The third-order valence-electron chi connectivity index (χ3n) is 5.48. The molecule has 1 saturated carbocycles. The zero-order valence-corrected chi connectivity index (χ0v) is 17.5. The molecule has 1 fully saturated rings. The summed E-state index contributed by atoms with van der Waals surface area (Å²) in [5, 5.41) is 0. The largest absolute Gasteiger partial charge is 0.489 e. The first-order valence-electron chi connectivity index (χ1n) is 9.79. The van der Waals surface area contributed by atoms with Gasteiger partial charge in [-0.05, 0) is 42.7 Å². The van der Waals surface area contributed by atoms with E-state index in [4.69, 9.17) is 15.5 Å². The van der Waals surface area contributed by atoms with Gasteiger partial charge in [-0.1, -0.05) is 46.6 Å². The van der Waals surface area contributed by atoms with E-state index in [-0.39, 0.29) is 0 Å². The molecule has 29 heavy (non-hydrogen) atoms. The van der Waals surface area contributed by atoms with E-state index in [2.05, 4.69) is 37.4 Å². The second kappa shape index (κ2) is 7.52. The molecule has 0 amide bonds. The van der Waals surface area contributed by atoms with E-state index in [0.717, 1.165) is 38.4 Å². The molecule has 2 heterocycles. The Bertz CT molecular complexity index is 1180. The maximum absolute atomic E-state index is 6.25. The molecule has 5 rings (SSSR count). The molecule has 5 nitrogen and oxygen atoms in total. The Kier molecular flexibility index (Phi) is 4.72. The molecule has 2 aromatic heterocycles. The molecule has 2 N–H and O–H groups in total. The summed E-state index contributed by atoms with van der Waals surface area (Å²) in [5.41, 5.74) is 10.1. The highest BCUT2D eigenvalue weighted by atomic mass is 79.9.